The molecule has 2 atom stereocenters. The van der Waals surface area contributed by atoms with Crippen molar-refractivity contribution in [3.8, 4) is 17.2 Å². The molecule has 0 saturated carbocycles. The maximum atomic E-state index is 13.8. The van der Waals surface area contributed by atoms with E-state index in [9.17, 15) is 4.79 Å². The number of nitrogens with zero attached hydrogens (tertiary/aromatic N) is 4. The van der Waals surface area contributed by atoms with E-state index in [0.29, 0.717) is 42.7 Å². The van der Waals surface area contributed by atoms with Crippen LogP contribution < -0.4 is 10.5 Å². The lowest BCUT2D eigenvalue weighted by atomic mass is 9.94. The minimum absolute atomic E-state index is 0.00691. The summed E-state index contributed by atoms with van der Waals surface area (Å²) in [6.45, 7) is 5.19. The lowest BCUT2D eigenvalue weighted by molar-refractivity contribution is 0.0735. The molecule has 4 heterocycles. The Kier molecular flexibility index (Phi) is 6.49. The second-order valence-electron chi connectivity index (χ2n) is 10.4. The fourth-order valence-corrected chi connectivity index (χ4v) is 6.34. The van der Waals surface area contributed by atoms with Gasteiger partial charge in [-0.05, 0) is 63.6 Å². The van der Waals surface area contributed by atoms with Crippen molar-refractivity contribution in [3.63, 3.8) is 0 Å². The van der Waals surface area contributed by atoms with Crippen LogP contribution in [0.3, 0.4) is 0 Å². The van der Waals surface area contributed by atoms with Crippen LogP contribution in [0.4, 0.5) is 0 Å². The van der Waals surface area contributed by atoms with Crippen molar-refractivity contribution in [1.29, 1.82) is 0 Å². The Bertz CT molecular complexity index is 1460. The summed E-state index contributed by atoms with van der Waals surface area (Å²) in [5.41, 5.74) is 10.2. The number of fused-ring (bicyclic) bond motifs is 1. The van der Waals surface area contributed by atoms with Gasteiger partial charge in [-0.1, -0.05) is 30.3 Å². The number of hydrogen-bond acceptors (Lipinski definition) is 8. The zero-order chi connectivity index (χ0) is 26.3. The molecule has 196 valence electrons. The fraction of sp³-hybridized carbons (Fsp3) is 0.379. The largest absolute Gasteiger partial charge is 0.493 e. The number of amides is 1. The van der Waals surface area contributed by atoms with Gasteiger partial charge in [0.1, 0.15) is 10.8 Å². The molecular weight excluding hydrogens is 498 g/mol. The van der Waals surface area contributed by atoms with Crippen LogP contribution in [0.15, 0.2) is 52.3 Å². The molecule has 0 spiro atoms. The smallest absolute Gasteiger partial charge is 0.254 e. The Morgan fingerprint density at radius 2 is 2.05 bits per heavy atom. The first-order chi connectivity index (χ1) is 18.4. The zero-order valence-corrected chi connectivity index (χ0v) is 22.5. The number of aromatic nitrogens is 3. The SMILES string of the molecule is Cc1csc(C2CCCN2C(=O)c2cc3c(c(-c4nnc(C(C)(N)Cc5ccccc5)o4)c2)CCCO3)n1. The van der Waals surface area contributed by atoms with Crippen molar-refractivity contribution in [3.05, 3.63) is 81.1 Å². The average molecular weight is 530 g/mol. The molecule has 9 heteroatoms. The van der Waals surface area contributed by atoms with Crippen molar-refractivity contribution >= 4 is 17.2 Å². The predicted molar refractivity (Wildman–Crippen MR) is 145 cm³/mol. The number of nitrogens with two attached hydrogens (primary N) is 1. The number of rotatable bonds is 6. The minimum atomic E-state index is -0.842. The van der Waals surface area contributed by atoms with E-state index in [1.165, 1.54) is 0 Å². The Morgan fingerprint density at radius 3 is 2.84 bits per heavy atom. The van der Waals surface area contributed by atoms with Crippen LogP contribution in [0.1, 0.15) is 70.3 Å². The van der Waals surface area contributed by atoms with E-state index >= 15 is 0 Å². The van der Waals surface area contributed by atoms with Gasteiger partial charge in [0, 0.05) is 34.3 Å². The summed E-state index contributed by atoms with van der Waals surface area (Å²) < 4.78 is 12.2. The van der Waals surface area contributed by atoms with Crippen molar-refractivity contribution in [1.82, 2.24) is 20.1 Å². The molecule has 2 aromatic heterocycles. The topological polar surface area (TPSA) is 107 Å². The molecule has 38 heavy (non-hydrogen) atoms. The molecule has 2 aliphatic heterocycles. The molecule has 0 radical (unpaired) electrons. The van der Waals surface area contributed by atoms with E-state index in [-0.39, 0.29) is 11.9 Å². The van der Waals surface area contributed by atoms with E-state index in [1.54, 1.807) is 11.3 Å². The summed E-state index contributed by atoms with van der Waals surface area (Å²) in [6, 6.07) is 13.7. The lowest BCUT2D eigenvalue weighted by Gasteiger charge is -2.25. The first kappa shape index (κ1) is 24.8. The van der Waals surface area contributed by atoms with Gasteiger partial charge in [0.15, 0.2) is 0 Å². The molecule has 1 saturated heterocycles. The Labute approximate surface area is 225 Å². The number of carbonyl (C=O) groups is 1. The monoisotopic (exact) mass is 529 g/mol. The Morgan fingerprint density at radius 1 is 1.21 bits per heavy atom. The third-order valence-corrected chi connectivity index (χ3v) is 8.34. The summed E-state index contributed by atoms with van der Waals surface area (Å²) in [5, 5.41) is 11.7. The average Bonchev–Trinajstić information content (AvgIpc) is 3.69. The Hall–Kier alpha value is -3.56. The fourth-order valence-electron chi connectivity index (χ4n) is 5.39. The van der Waals surface area contributed by atoms with Gasteiger partial charge >= 0.3 is 0 Å². The van der Waals surface area contributed by atoms with E-state index in [1.807, 2.05) is 66.6 Å². The maximum absolute atomic E-state index is 13.8. The quantitative estimate of drug-likeness (QED) is 0.365. The van der Waals surface area contributed by atoms with Gasteiger partial charge in [0.2, 0.25) is 11.8 Å². The van der Waals surface area contributed by atoms with Crippen LogP contribution in [0, 0.1) is 6.92 Å². The molecule has 2 aromatic carbocycles. The van der Waals surface area contributed by atoms with E-state index in [0.717, 1.165) is 53.1 Å². The van der Waals surface area contributed by atoms with E-state index in [4.69, 9.17) is 14.9 Å². The number of thiazole rings is 1. The lowest BCUT2D eigenvalue weighted by Crippen LogP contribution is -2.35. The second-order valence-corrected chi connectivity index (χ2v) is 11.3. The first-order valence-corrected chi connectivity index (χ1v) is 14.0. The number of ether oxygens (including phenoxy) is 1. The van der Waals surface area contributed by atoms with Crippen molar-refractivity contribution < 1.29 is 13.9 Å². The molecule has 8 nitrogen and oxygen atoms in total. The van der Waals surface area contributed by atoms with Crippen LogP contribution in [0.25, 0.3) is 11.5 Å². The molecule has 1 fully saturated rings. The first-order valence-electron chi connectivity index (χ1n) is 13.1. The van der Waals surface area contributed by atoms with Gasteiger partial charge in [-0.15, -0.1) is 21.5 Å². The normalized spacial score (nSPS) is 18.6. The highest BCUT2D eigenvalue weighted by Gasteiger charge is 2.34. The van der Waals surface area contributed by atoms with Gasteiger partial charge < -0.3 is 19.8 Å². The molecule has 2 unspecified atom stereocenters. The highest BCUT2D eigenvalue weighted by atomic mass is 32.1. The van der Waals surface area contributed by atoms with Crippen LogP contribution in [0.5, 0.6) is 5.75 Å². The summed E-state index contributed by atoms with van der Waals surface area (Å²) >= 11 is 1.62. The predicted octanol–water partition coefficient (Wildman–Crippen LogP) is 5.22. The minimum Gasteiger partial charge on any atom is -0.493 e. The number of hydrogen-bond donors (Lipinski definition) is 1. The number of likely N-dealkylation sites (tertiary alicyclic amines) is 1. The Balaban J connectivity index is 1.34. The van der Waals surface area contributed by atoms with Gasteiger partial charge in [0.25, 0.3) is 5.91 Å². The molecule has 1 amide bonds. The molecule has 0 aliphatic carbocycles. The highest BCUT2D eigenvalue weighted by molar-refractivity contribution is 7.09. The molecule has 6 rings (SSSR count). The van der Waals surface area contributed by atoms with Crippen LogP contribution in [-0.4, -0.2) is 39.1 Å². The highest BCUT2D eigenvalue weighted by Crippen LogP contribution is 2.39. The molecule has 2 aliphatic rings. The molecular formula is C29H31N5O3S. The molecule has 2 N–H and O–H groups in total. The third kappa shape index (κ3) is 4.72. The van der Waals surface area contributed by atoms with E-state index < -0.39 is 5.54 Å². The van der Waals surface area contributed by atoms with Gasteiger partial charge in [-0.25, -0.2) is 4.98 Å². The van der Waals surface area contributed by atoms with Crippen LogP contribution in [-0.2, 0) is 18.4 Å². The zero-order valence-electron chi connectivity index (χ0n) is 21.6. The summed E-state index contributed by atoms with van der Waals surface area (Å²) in [6.07, 6.45) is 4.12. The van der Waals surface area contributed by atoms with Crippen molar-refractivity contribution in [2.75, 3.05) is 13.2 Å². The van der Waals surface area contributed by atoms with E-state index in [2.05, 4.69) is 15.2 Å². The second kappa shape index (κ2) is 9.96. The molecule has 0 bridgehead atoms. The standard InChI is InChI=1S/C29H31N5O3S/c1-18-17-38-26(31-18)23-11-6-12-34(23)27(35)20-14-22(21-10-7-13-36-24(21)15-20)25-32-33-28(37-25)29(2,30)16-19-8-4-3-5-9-19/h3-5,8-9,14-15,17,23H,6-7,10-13,16,30H2,1-2H3. The van der Waals surface area contributed by atoms with Crippen LogP contribution >= 0.6 is 11.3 Å². The third-order valence-electron chi connectivity index (χ3n) is 7.28. The summed E-state index contributed by atoms with van der Waals surface area (Å²) in [7, 11) is 0. The summed E-state index contributed by atoms with van der Waals surface area (Å²) in [4.78, 5) is 20.4. The van der Waals surface area contributed by atoms with Crippen LogP contribution in [0.2, 0.25) is 0 Å². The van der Waals surface area contributed by atoms with Gasteiger partial charge in [0.05, 0.1) is 18.2 Å². The van der Waals surface area contributed by atoms with Gasteiger partial charge in [-0.2, -0.15) is 0 Å². The number of aryl methyl sites for hydroxylation is 1. The van der Waals surface area contributed by atoms with Crippen molar-refractivity contribution in [2.45, 2.75) is 57.5 Å². The maximum Gasteiger partial charge on any atom is 0.254 e. The van der Waals surface area contributed by atoms with Crippen molar-refractivity contribution in [2.24, 2.45) is 5.73 Å². The van der Waals surface area contributed by atoms with Gasteiger partial charge in [-0.3, -0.25) is 4.79 Å². The molecule has 4 aromatic rings. The number of carbonyl (C=O) groups excluding carboxylic acids is 1. The summed E-state index contributed by atoms with van der Waals surface area (Å²) in [5.74, 6) is 1.38. The number of benzene rings is 2.